The van der Waals surface area contributed by atoms with Crippen molar-refractivity contribution in [3.8, 4) is 17.1 Å². The molecule has 1 heterocycles. The second-order valence-corrected chi connectivity index (χ2v) is 5.88. The van der Waals surface area contributed by atoms with Gasteiger partial charge in [-0.1, -0.05) is 16.8 Å². The molecule has 1 aliphatic carbocycles. The minimum atomic E-state index is 0.0914. The van der Waals surface area contributed by atoms with E-state index in [1.54, 1.807) is 0 Å². The summed E-state index contributed by atoms with van der Waals surface area (Å²) < 4.78 is 10.9. The van der Waals surface area contributed by atoms with Crippen molar-refractivity contribution in [2.24, 2.45) is 5.92 Å². The van der Waals surface area contributed by atoms with Gasteiger partial charge in [-0.3, -0.25) is 0 Å². The van der Waals surface area contributed by atoms with Crippen molar-refractivity contribution in [2.75, 3.05) is 0 Å². The van der Waals surface area contributed by atoms with Gasteiger partial charge in [0.15, 0.2) is 0 Å². The number of rotatable bonds is 5. The highest BCUT2D eigenvalue weighted by Crippen LogP contribution is 2.33. The zero-order chi connectivity index (χ0) is 14.1. The fraction of sp³-hybridized carbons (Fsp3) is 0.467. The van der Waals surface area contributed by atoms with Crippen LogP contribution in [0.15, 0.2) is 22.7 Å². The van der Waals surface area contributed by atoms with Gasteiger partial charge in [-0.2, -0.15) is 4.98 Å². The molecular weight excluding hydrogens is 276 g/mol. The van der Waals surface area contributed by atoms with E-state index in [4.69, 9.17) is 20.9 Å². The summed E-state index contributed by atoms with van der Waals surface area (Å²) in [4.78, 5) is 4.42. The number of halogens is 1. The van der Waals surface area contributed by atoms with Crippen molar-refractivity contribution in [2.45, 2.75) is 39.2 Å². The predicted octanol–water partition coefficient (Wildman–Crippen LogP) is 4.13. The van der Waals surface area contributed by atoms with Crippen LogP contribution in [0.4, 0.5) is 0 Å². The zero-order valence-corrected chi connectivity index (χ0v) is 12.4. The van der Waals surface area contributed by atoms with Crippen LogP contribution >= 0.6 is 11.6 Å². The number of hydrogen-bond acceptors (Lipinski definition) is 4. The van der Waals surface area contributed by atoms with Gasteiger partial charge < -0.3 is 9.26 Å². The first kappa shape index (κ1) is 13.4. The maximum absolute atomic E-state index is 6.21. The summed E-state index contributed by atoms with van der Waals surface area (Å²) in [5, 5.41) is 4.57. The molecule has 0 bridgehead atoms. The largest absolute Gasteiger partial charge is 0.489 e. The fourth-order valence-corrected chi connectivity index (χ4v) is 2.24. The molecule has 0 spiro atoms. The van der Waals surface area contributed by atoms with E-state index in [-0.39, 0.29) is 6.10 Å². The van der Waals surface area contributed by atoms with Crippen molar-refractivity contribution in [1.82, 2.24) is 10.1 Å². The minimum absolute atomic E-state index is 0.0914. The second kappa shape index (κ2) is 5.44. The molecule has 0 atom stereocenters. The quantitative estimate of drug-likeness (QED) is 0.831. The maximum Gasteiger partial charge on any atom is 0.227 e. The number of nitrogens with zero attached hydrogens (tertiary/aromatic N) is 2. The molecule has 5 heteroatoms. The summed E-state index contributed by atoms with van der Waals surface area (Å²) in [5.74, 6) is 2.69. The van der Waals surface area contributed by atoms with Crippen molar-refractivity contribution in [3.63, 3.8) is 0 Å². The van der Waals surface area contributed by atoms with Crippen LogP contribution in [0.2, 0.25) is 5.02 Å². The summed E-state index contributed by atoms with van der Waals surface area (Å²) in [6.07, 6.45) is 3.51. The number of hydrogen-bond donors (Lipinski definition) is 0. The number of ether oxygens (including phenoxy) is 1. The zero-order valence-electron chi connectivity index (χ0n) is 11.6. The van der Waals surface area contributed by atoms with Gasteiger partial charge in [-0.15, -0.1) is 0 Å². The lowest BCUT2D eigenvalue weighted by molar-refractivity contribution is 0.242. The molecule has 1 aromatic carbocycles. The van der Waals surface area contributed by atoms with Gasteiger partial charge in [0.05, 0.1) is 11.1 Å². The second-order valence-electron chi connectivity index (χ2n) is 5.47. The van der Waals surface area contributed by atoms with E-state index < -0.39 is 0 Å². The Kier molecular flexibility index (Phi) is 3.66. The van der Waals surface area contributed by atoms with Crippen LogP contribution < -0.4 is 4.74 Å². The topological polar surface area (TPSA) is 48.2 Å². The lowest BCUT2D eigenvalue weighted by Crippen LogP contribution is -2.05. The van der Waals surface area contributed by atoms with E-state index in [0.717, 1.165) is 17.9 Å². The van der Waals surface area contributed by atoms with E-state index in [9.17, 15) is 0 Å². The Morgan fingerprint density at radius 3 is 2.85 bits per heavy atom. The van der Waals surface area contributed by atoms with Gasteiger partial charge in [0.2, 0.25) is 11.7 Å². The highest BCUT2D eigenvalue weighted by molar-refractivity contribution is 6.32. The van der Waals surface area contributed by atoms with E-state index in [1.165, 1.54) is 12.8 Å². The SMILES string of the molecule is CC(C)Oc1ccc(-c2noc(CC3CC3)n2)cc1Cl. The lowest BCUT2D eigenvalue weighted by atomic mass is 10.2. The molecule has 0 amide bonds. The van der Waals surface area contributed by atoms with E-state index in [1.807, 2.05) is 32.0 Å². The van der Waals surface area contributed by atoms with Crippen LogP contribution in [0, 0.1) is 5.92 Å². The highest BCUT2D eigenvalue weighted by atomic mass is 35.5. The summed E-state index contributed by atoms with van der Waals surface area (Å²) in [7, 11) is 0. The van der Waals surface area contributed by atoms with Crippen LogP contribution in [-0.4, -0.2) is 16.2 Å². The molecule has 1 saturated carbocycles. The lowest BCUT2D eigenvalue weighted by Gasteiger charge is -2.11. The third-order valence-electron chi connectivity index (χ3n) is 3.18. The Morgan fingerprint density at radius 2 is 2.20 bits per heavy atom. The first-order valence-corrected chi connectivity index (χ1v) is 7.29. The maximum atomic E-state index is 6.21. The smallest absolute Gasteiger partial charge is 0.227 e. The Bertz CT molecular complexity index is 606. The molecule has 2 aromatic rings. The van der Waals surface area contributed by atoms with Gasteiger partial charge in [0, 0.05) is 12.0 Å². The van der Waals surface area contributed by atoms with Gasteiger partial charge in [0.25, 0.3) is 0 Å². The van der Waals surface area contributed by atoms with Crippen molar-refractivity contribution >= 4 is 11.6 Å². The molecule has 4 nitrogen and oxygen atoms in total. The Hall–Kier alpha value is -1.55. The summed E-state index contributed by atoms with van der Waals surface area (Å²) in [6, 6.07) is 5.55. The summed E-state index contributed by atoms with van der Waals surface area (Å²) in [5.41, 5.74) is 0.844. The first-order chi connectivity index (χ1) is 9.61. The molecule has 0 unspecified atom stereocenters. The average molecular weight is 293 g/mol. The molecule has 0 radical (unpaired) electrons. The van der Waals surface area contributed by atoms with Crippen LogP contribution in [0.3, 0.4) is 0 Å². The normalized spacial score (nSPS) is 14.8. The van der Waals surface area contributed by atoms with Crippen molar-refractivity contribution in [1.29, 1.82) is 0 Å². The van der Waals surface area contributed by atoms with E-state index >= 15 is 0 Å². The molecule has 0 saturated heterocycles. The van der Waals surface area contributed by atoms with Crippen LogP contribution in [-0.2, 0) is 6.42 Å². The van der Waals surface area contributed by atoms with Crippen molar-refractivity contribution < 1.29 is 9.26 Å². The van der Waals surface area contributed by atoms with Crippen LogP contribution in [0.1, 0.15) is 32.6 Å². The molecule has 1 fully saturated rings. The Morgan fingerprint density at radius 1 is 1.40 bits per heavy atom. The van der Waals surface area contributed by atoms with Crippen molar-refractivity contribution in [3.05, 3.63) is 29.1 Å². The molecule has 106 valence electrons. The molecule has 1 aliphatic rings. The Labute approximate surface area is 123 Å². The predicted molar refractivity (Wildman–Crippen MR) is 76.9 cm³/mol. The molecule has 0 aliphatic heterocycles. The molecule has 1 aromatic heterocycles. The highest BCUT2D eigenvalue weighted by Gasteiger charge is 2.24. The summed E-state index contributed by atoms with van der Waals surface area (Å²) in [6.45, 7) is 3.93. The van der Waals surface area contributed by atoms with E-state index in [2.05, 4.69) is 10.1 Å². The van der Waals surface area contributed by atoms with Crippen LogP contribution in [0.25, 0.3) is 11.4 Å². The fourth-order valence-electron chi connectivity index (χ4n) is 2.01. The third-order valence-corrected chi connectivity index (χ3v) is 3.48. The van der Waals surface area contributed by atoms with E-state index in [0.29, 0.717) is 22.5 Å². The standard InChI is InChI=1S/C15H17ClN2O2/c1-9(2)19-13-6-5-11(8-12(13)16)15-17-14(20-18-15)7-10-3-4-10/h5-6,8-10H,3-4,7H2,1-2H3. The molecule has 20 heavy (non-hydrogen) atoms. The molecular formula is C15H17ClN2O2. The van der Waals surface area contributed by atoms with Gasteiger partial charge in [-0.05, 0) is 50.8 Å². The Balaban J connectivity index is 1.78. The van der Waals surface area contributed by atoms with Crippen LogP contribution in [0.5, 0.6) is 5.75 Å². The minimum Gasteiger partial charge on any atom is -0.489 e. The monoisotopic (exact) mass is 292 g/mol. The first-order valence-electron chi connectivity index (χ1n) is 6.91. The average Bonchev–Trinajstić information content (AvgIpc) is 3.07. The van der Waals surface area contributed by atoms with Gasteiger partial charge in [-0.25, -0.2) is 0 Å². The molecule has 3 rings (SSSR count). The molecule has 0 N–H and O–H groups in total. The number of aromatic nitrogens is 2. The van der Waals surface area contributed by atoms with Gasteiger partial charge in [0.1, 0.15) is 5.75 Å². The van der Waals surface area contributed by atoms with Gasteiger partial charge >= 0.3 is 0 Å². The number of benzene rings is 1. The summed E-state index contributed by atoms with van der Waals surface area (Å²) >= 11 is 6.21. The third kappa shape index (κ3) is 3.12.